The Bertz CT molecular complexity index is 235. The Morgan fingerprint density at radius 1 is 1.83 bits per heavy atom. The molecule has 1 aromatic heterocycles. The van der Waals surface area contributed by atoms with Crippen LogP contribution in [-0.2, 0) is 25.2 Å². The van der Waals surface area contributed by atoms with E-state index in [1.54, 1.807) is 0 Å². The van der Waals surface area contributed by atoms with Crippen molar-refractivity contribution in [2.75, 3.05) is 5.32 Å². The van der Waals surface area contributed by atoms with Crippen LogP contribution in [0.15, 0.2) is 12.5 Å². The predicted octanol–water partition coefficient (Wildman–Crippen LogP) is -0.644. The summed E-state index contributed by atoms with van der Waals surface area (Å²) in [7, 11) is 0. The maximum atomic E-state index is 10.8. The zero-order valence-electron chi connectivity index (χ0n) is 6.30. The van der Waals surface area contributed by atoms with Crippen LogP contribution in [-0.4, -0.2) is 22.1 Å². The van der Waals surface area contributed by atoms with Gasteiger partial charge >= 0.3 is 0 Å². The topological polar surface area (TPSA) is 76.3 Å². The number of aliphatic hydroxyl groups is 1. The third kappa shape index (κ3) is 3.13. The van der Waals surface area contributed by atoms with Gasteiger partial charge in [0.2, 0.25) is 0 Å². The summed E-state index contributed by atoms with van der Waals surface area (Å²) in [4.78, 5) is 18.1. The molecule has 0 fully saturated rings. The summed E-state index contributed by atoms with van der Waals surface area (Å²) in [6.45, 7) is 1.38. The predicted molar refractivity (Wildman–Crippen MR) is 37.9 cm³/mol. The van der Waals surface area contributed by atoms with Crippen molar-refractivity contribution in [2.45, 2.75) is 13.0 Å². The van der Waals surface area contributed by atoms with Crippen LogP contribution in [0.5, 0.6) is 0 Å². The quantitative estimate of drug-likeness (QED) is 0.693. The van der Waals surface area contributed by atoms with Gasteiger partial charge in [-0.1, -0.05) is 12.5 Å². The van der Waals surface area contributed by atoms with Gasteiger partial charge in [0, 0.05) is 26.2 Å². The molecule has 0 aromatic carbocycles. The third-order valence-corrected chi connectivity index (χ3v) is 1.09. The molecule has 12 heavy (non-hydrogen) atoms. The molecule has 0 bridgehead atoms. The summed E-state index contributed by atoms with van der Waals surface area (Å²) in [6, 6.07) is 0. The van der Waals surface area contributed by atoms with Crippen LogP contribution >= 0.6 is 0 Å². The average Bonchev–Trinajstić information content (AvgIpc) is 2.39. The molecule has 6 heteroatoms. The van der Waals surface area contributed by atoms with Gasteiger partial charge in [-0.15, -0.1) is 0 Å². The Morgan fingerprint density at radius 3 is 2.92 bits per heavy atom. The number of anilines is 1. The van der Waals surface area contributed by atoms with Crippen molar-refractivity contribution >= 4 is 11.7 Å². The van der Waals surface area contributed by atoms with E-state index in [0.29, 0.717) is 5.82 Å². The van der Waals surface area contributed by atoms with E-state index >= 15 is 0 Å². The Hall–Kier alpha value is -0.698. The van der Waals surface area contributed by atoms with Crippen LogP contribution in [0.25, 0.3) is 0 Å². The number of hydrogen-bond acceptors (Lipinski definition) is 3. The summed E-state index contributed by atoms with van der Waals surface area (Å²) in [5, 5.41) is 11.1. The zero-order chi connectivity index (χ0) is 8.27. The molecular weight excluding hydrogens is 253 g/mol. The third-order valence-electron chi connectivity index (χ3n) is 1.09. The number of hydrogen-bond donors (Lipinski definition) is 2. The largest absolute Gasteiger partial charge is 0.448 e. The van der Waals surface area contributed by atoms with E-state index in [4.69, 9.17) is 5.11 Å². The van der Waals surface area contributed by atoms with Gasteiger partial charge < -0.3 is 20.4 Å². The number of carbonyl (C=O) groups excluding carboxylic acids is 1. The molecule has 1 unspecified atom stereocenters. The van der Waals surface area contributed by atoms with Crippen molar-refractivity contribution in [3.63, 3.8) is 0 Å². The van der Waals surface area contributed by atoms with Crippen LogP contribution in [0, 0.1) is 0 Å². The summed E-state index contributed by atoms with van der Waals surface area (Å²) >= 11 is 0. The summed E-state index contributed by atoms with van der Waals surface area (Å²) in [5.41, 5.74) is 0. The normalized spacial score (nSPS) is 11.5. The second-order valence-corrected chi connectivity index (χ2v) is 2.07. The molecule has 0 spiro atoms. The minimum Gasteiger partial charge on any atom is -0.448 e. The van der Waals surface area contributed by atoms with Crippen LogP contribution in [0.1, 0.15) is 6.92 Å². The molecule has 0 aliphatic carbocycles. The van der Waals surface area contributed by atoms with Crippen molar-refractivity contribution in [2.24, 2.45) is 0 Å². The summed E-state index contributed by atoms with van der Waals surface area (Å²) in [6.07, 6.45) is 1.70. The first kappa shape index (κ1) is 11.3. The van der Waals surface area contributed by atoms with Crippen molar-refractivity contribution in [1.29, 1.82) is 0 Å². The molecule has 0 saturated carbocycles. The Labute approximate surface area is 83.2 Å². The van der Waals surface area contributed by atoms with E-state index in [0.717, 1.165) is 0 Å². The van der Waals surface area contributed by atoms with Crippen molar-refractivity contribution in [3.05, 3.63) is 12.5 Å². The Kier molecular flexibility index (Phi) is 4.75. The second-order valence-electron chi connectivity index (χ2n) is 2.07. The molecule has 70 valence electrons. The van der Waals surface area contributed by atoms with Gasteiger partial charge in [0.05, 0.1) is 0 Å². The number of amides is 1. The van der Waals surface area contributed by atoms with Crippen LogP contribution in [0.3, 0.4) is 0 Å². The second kappa shape index (κ2) is 5.04. The number of carbonyl (C=O) groups is 1. The number of aliphatic hydroxyl groups excluding tert-OH is 1. The molecular formula is C6H8N3O2Pd-. The molecule has 2 N–H and O–H groups in total. The average molecular weight is 261 g/mol. The van der Waals surface area contributed by atoms with E-state index in [-0.39, 0.29) is 20.4 Å². The van der Waals surface area contributed by atoms with Crippen LogP contribution in [0.4, 0.5) is 5.82 Å². The number of rotatable bonds is 2. The fraction of sp³-hybridized carbons (Fsp3) is 0.333. The molecule has 0 aliphatic heterocycles. The fourth-order valence-electron chi connectivity index (χ4n) is 0.528. The van der Waals surface area contributed by atoms with Crippen molar-refractivity contribution in [3.8, 4) is 0 Å². The van der Waals surface area contributed by atoms with Gasteiger partial charge in [-0.05, 0) is 6.92 Å². The molecule has 1 rings (SSSR count). The molecule has 1 aromatic rings. The minimum absolute atomic E-state index is 0. The maximum absolute atomic E-state index is 10.8. The molecule has 0 radical (unpaired) electrons. The number of nitrogens with one attached hydrogen (secondary N) is 1. The fourth-order valence-corrected chi connectivity index (χ4v) is 0.528. The number of imidazole rings is 1. The molecule has 1 heterocycles. The van der Waals surface area contributed by atoms with Crippen LogP contribution < -0.4 is 10.3 Å². The Balaban J connectivity index is 0.00000121. The number of nitrogens with zero attached hydrogens (tertiary/aromatic N) is 2. The molecule has 1 atom stereocenters. The van der Waals surface area contributed by atoms with Crippen molar-refractivity contribution < 1.29 is 30.3 Å². The smallest absolute Gasteiger partial charge is 0.252 e. The first-order valence-corrected chi connectivity index (χ1v) is 3.12. The standard InChI is InChI=1S/C6H9N3O2.Pd/c1-4(10)6(11)9-5-2-7-3-8-5;/h2-4,10H,1H3,(H2,7,8,9,11);/p-1. The molecule has 5 nitrogen and oxygen atoms in total. The first-order chi connectivity index (χ1) is 5.20. The zero-order valence-corrected chi connectivity index (χ0v) is 7.85. The molecule has 0 saturated heterocycles. The van der Waals surface area contributed by atoms with Gasteiger partial charge in [-0.25, -0.2) is 0 Å². The van der Waals surface area contributed by atoms with E-state index < -0.39 is 12.0 Å². The summed E-state index contributed by atoms with van der Waals surface area (Å²) < 4.78 is 0. The molecule has 1 amide bonds. The van der Waals surface area contributed by atoms with E-state index in [2.05, 4.69) is 15.3 Å². The van der Waals surface area contributed by atoms with Gasteiger partial charge in [-0.3, -0.25) is 4.79 Å². The number of aromatic nitrogens is 2. The van der Waals surface area contributed by atoms with E-state index in [9.17, 15) is 4.79 Å². The van der Waals surface area contributed by atoms with Gasteiger partial charge in [0.25, 0.3) is 5.91 Å². The summed E-state index contributed by atoms with van der Waals surface area (Å²) in [5.74, 6) is -0.124. The molecule has 0 aliphatic rings. The van der Waals surface area contributed by atoms with E-state index in [1.807, 2.05) is 0 Å². The van der Waals surface area contributed by atoms with E-state index in [1.165, 1.54) is 19.4 Å². The monoisotopic (exact) mass is 260 g/mol. The van der Waals surface area contributed by atoms with Crippen LogP contribution in [0.2, 0.25) is 0 Å². The Morgan fingerprint density at radius 2 is 2.50 bits per heavy atom. The van der Waals surface area contributed by atoms with Gasteiger partial charge in [-0.2, -0.15) is 0 Å². The maximum Gasteiger partial charge on any atom is 0.252 e. The minimum atomic E-state index is -1.02. The van der Waals surface area contributed by atoms with Crippen molar-refractivity contribution in [1.82, 2.24) is 9.97 Å². The first-order valence-electron chi connectivity index (χ1n) is 3.12. The van der Waals surface area contributed by atoms with Gasteiger partial charge in [0.15, 0.2) is 0 Å². The SMILES string of the molecule is CC(O)C(=O)Nc1c[n-]cn1.[Pd]. The van der Waals surface area contributed by atoms with Gasteiger partial charge in [0.1, 0.15) is 6.10 Å².